The molecule has 4 aromatic carbocycles. The number of rotatable bonds is 8. The quantitative estimate of drug-likeness (QED) is 0.164. The van der Waals surface area contributed by atoms with Crippen LogP contribution in [-0.4, -0.2) is 24.3 Å². The molecule has 0 aliphatic carbocycles. The van der Waals surface area contributed by atoms with Crippen LogP contribution >= 0.6 is 0 Å². The lowest BCUT2D eigenvalue weighted by atomic mass is 10.1. The molecule has 0 aliphatic rings. The van der Waals surface area contributed by atoms with Crippen molar-refractivity contribution in [2.24, 2.45) is 0 Å². The molecule has 0 radical (unpaired) electrons. The van der Waals surface area contributed by atoms with E-state index in [1.165, 1.54) is 54.6 Å². The van der Waals surface area contributed by atoms with Gasteiger partial charge >= 0.3 is 11.9 Å². The Morgan fingerprint density at radius 3 is 1.92 bits per heavy atom. The summed E-state index contributed by atoms with van der Waals surface area (Å²) in [6, 6.07) is 27.4. The van der Waals surface area contributed by atoms with Gasteiger partial charge in [0.1, 0.15) is 35.0 Å². The molecular weight excluding hydrogens is 496 g/mol. The van der Waals surface area contributed by atoms with Gasteiger partial charge in [0.25, 0.3) is 0 Å². The van der Waals surface area contributed by atoms with Gasteiger partial charge in [-0.1, -0.05) is 23.8 Å². The number of hydrogen-bond acceptors (Lipinski definition) is 8. The smallest absolute Gasteiger partial charge is 0.343 e. The Labute approximate surface area is 224 Å². The van der Waals surface area contributed by atoms with E-state index in [1.54, 1.807) is 24.3 Å². The Hall–Kier alpha value is -5.73. The van der Waals surface area contributed by atoms with Gasteiger partial charge in [0.05, 0.1) is 16.7 Å². The molecule has 0 saturated heterocycles. The fourth-order valence-corrected chi connectivity index (χ4v) is 3.47. The minimum atomic E-state index is -0.706. The first-order valence-corrected chi connectivity index (χ1v) is 11.7. The van der Waals surface area contributed by atoms with Gasteiger partial charge in [-0.2, -0.15) is 10.5 Å². The Balaban J connectivity index is 1.31. The van der Waals surface area contributed by atoms with Crippen molar-refractivity contribution in [1.29, 1.82) is 10.5 Å². The number of carbonyl (C=O) groups is 3. The monoisotopic (exact) mass is 516 g/mol. The first-order valence-electron chi connectivity index (χ1n) is 11.7. The Bertz CT molecular complexity index is 1610. The number of nitriles is 2. The standard InChI is InChI=1S/C31H20N2O6/c1-20-5-7-23(8-6-20)31(36)39-26-13-9-21(10-14-26)28(34)19-37-30(35)22-11-15-25(16-12-22)38-29-4-2-3-24(17-32)27(29)18-33/h2-16H,19H2,1H3. The van der Waals surface area contributed by atoms with Gasteiger partial charge < -0.3 is 14.2 Å². The first-order chi connectivity index (χ1) is 18.9. The van der Waals surface area contributed by atoms with E-state index in [2.05, 4.69) is 0 Å². The minimum absolute atomic E-state index is 0.111. The second-order valence-corrected chi connectivity index (χ2v) is 8.31. The molecule has 0 N–H and O–H groups in total. The third kappa shape index (κ3) is 6.53. The number of ketones is 1. The SMILES string of the molecule is Cc1ccc(C(=O)Oc2ccc(C(=O)COC(=O)c3ccc(Oc4cccc(C#N)c4C#N)cc3)cc2)cc1. The predicted molar refractivity (Wildman–Crippen MR) is 140 cm³/mol. The molecule has 0 aromatic heterocycles. The zero-order chi connectivity index (χ0) is 27.8. The Morgan fingerprint density at radius 2 is 1.28 bits per heavy atom. The summed E-state index contributed by atoms with van der Waals surface area (Å²) < 4.78 is 16.2. The number of carbonyl (C=O) groups excluding carboxylic acids is 3. The highest BCUT2D eigenvalue weighted by Crippen LogP contribution is 2.27. The molecule has 190 valence electrons. The summed E-state index contributed by atoms with van der Waals surface area (Å²) in [7, 11) is 0. The highest BCUT2D eigenvalue weighted by atomic mass is 16.5. The normalized spacial score (nSPS) is 10.0. The number of benzene rings is 4. The first kappa shape index (κ1) is 26.3. The van der Waals surface area contributed by atoms with E-state index in [4.69, 9.17) is 19.5 Å². The lowest BCUT2D eigenvalue weighted by Gasteiger charge is -2.09. The molecule has 4 aromatic rings. The van der Waals surface area contributed by atoms with E-state index in [0.717, 1.165) is 5.56 Å². The summed E-state index contributed by atoms with van der Waals surface area (Å²) in [5.41, 5.74) is 2.22. The second kappa shape index (κ2) is 12.0. The molecule has 0 aliphatic heterocycles. The largest absolute Gasteiger partial charge is 0.456 e. The van der Waals surface area contributed by atoms with Gasteiger partial charge in [-0.3, -0.25) is 4.79 Å². The van der Waals surface area contributed by atoms with Crippen LogP contribution in [0.15, 0.2) is 91.0 Å². The van der Waals surface area contributed by atoms with Crippen LogP contribution in [-0.2, 0) is 4.74 Å². The van der Waals surface area contributed by atoms with Gasteiger partial charge in [-0.15, -0.1) is 0 Å². The molecule has 4 rings (SSSR count). The van der Waals surface area contributed by atoms with E-state index in [-0.39, 0.29) is 33.8 Å². The van der Waals surface area contributed by atoms with Crippen LogP contribution in [0.3, 0.4) is 0 Å². The van der Waals surface area contributed by atoms with Gasteiger partial charge in [0.2, 0.25) is 0 Å². The average Bonchev–Trinajstić information content (AvgIpc) is 2.96. The summed E-state index contributed by atoms with van der Waals surface area (Å²) in [4.78, 5) is 37.1. The molecule has 0 saturated carbocycles. The molecule has 0 heterocycles. The number of ether oxygens (including phenoxy) is 3. The fourth-order valence-electron chi connectivity index (χ4n) is 3.47. The van der Waals surface area contributed by atoms with Crippen LogP contribution < -0.4 is 9.47 Å². The maximum absolute atomic E-state index is 12.5. The Morgan fingerprint density at radius 1 is 0.692 bits per heavy atom. The van der Waals surface area contributed by atoms with Crippen molar-refractivity contribution < 1.29 is 28.6 Å². The summed E-state index contributed by atoms with van der Waals surface area (Å²) in [5, 5.41) is 18.5. The van der Waals surface area contributed by atoms with E-state index in [9.17, 15) is 19.6 Å². The van der Waals surface area contributed by atoms with Crippen LogP contribution in [0, 0.1) is 29.6 Å². The highest BCUT2D eigenvalue weighted by molar-refractivity contribution is 5.99. The zero-order valence-corrected chi connectivity index (χ0v) is 20.7. The van der Waals surface area contributed by atoms with Crippen LogP contribution in [0.25, 0.3) is 0 Å². The number of Topliss-reactive ketones (excluding diaryl/α,β-unsaturated/α-hetero) is 1. The third-order valence-corrected chi connectivity index (χ3v) is 5.58. The van der Waals surface area contributed by atoms with Gasteiger partial charge in [-0.05, 0) is 79.7 Å². The number of nitrogens with zero attached hydrogens (tertiary/aromatic N) is 2. The lowest BCUT2D eigenvalue weighted by Crippen LogP contribution is -2.14. The van der Waals surface area contributed by atoms with E-state index in [1.807, 2.05) is 31.2 Å². The lowest BCUT2D eigenvalue weighted by molar-refractivity contribution is 0.0474. The van der Waals surface area contributed by atoms with Crippen LogP contribution in [0.4, 0.5) is 0 Å². The molecule has 0 fully saturated rings. The highest BCUT2D eigenvalue weighted by Gasteiger charge is 2.15. The van der Waals surface area contributed by atoms with Gasteiger partial charge in [-0.25, -0.2) is 9.59 Å². The predicted octanol–water partition coefficient (Wildman–Crippen LogP) is 5.79. The van der Waals surface area contributed by atoms with Gasteiger partial charge in [0, 0.05) is 5.56 Å². The molecule has 0 amide bonds. The summed E-state index contributed by atoms with van der Waals surface area (Å²) in [5.74, 6) is -0.812. The number of aryl methyl sites for hydroxylation is 1. The number of esters is 2. The molecule has 39 heavy (non-hydrogen) atoms. The van der Waals surface area contributed by atoms with Crippen LogP contribution in [0.1, 0.15) is 47.8 Å². The van der Waals surface area contributed by atoms with Crippen molar-refractivity contribution in [2.45, 2.75) is 6.92 Å². The van der Waals surface area contributed by atoms with Crippen molar-refractivity contribution in [3.05, 3.63) is 124 Å². The molecule has 0 bridgehead atoms. The van der Waals surface area contributed by atoms with Gasteiger partial charge in [0.15, 0.2) is 12.4 Å². The average molecular weight is 517 g/mol. The topological polar surface area (TPSA) is 126 Å². The summed E-state index contributed by atoms with van der Waals surface area (Å²) >= 11 is 0. The van der Waals surface area contributed by atoms with E-state index >= 15 is 0 Å². The summed E-state index contributed by atoms with van der Waals surface area (Å²) in [6.45, 7) is 1.44. The van der Waals surface area contributed by atoms with E-state index < -0.39 is 24.3 Å². The van der Waals surface area contributed by atoms with Crippen molar-refractivity contribution in [2.75, 3.05) is 6.61 Å². The van der Waals surface area contributed by atoms with Crippen LogP contribution in [0.2, 0.25) is 0 Å². The maximum atomic E-state index is 12.5. The third-order valence-electron chi connectivity index (χ3n) is 5.58. The number of hydrogen-bond donors (Lipinski definition) is 0. The van der Waals surface area contributed by atoms with E-state index in [0.29, 0.717) is 11.3 Å². The van der Waals surface area contributed by atoms with Crippen molar-refractivity contribution >= 4 is 17.7 Å². The molecular formula is C31H20N2O6. The second-order valence-electron chi connectivity index (χ2n) is 8.31. The minimum Gasteiger partial charge on any atom is -0.456 e. The Kier molecular flexibility index (Phi) is 8.11. The molecule has 0 atom stereocenters. The summed E-state index contributed by atoms with van der Waals surface area (Å²) in [6.07, 6.45) is 0. The zero-order valence-electron chi connectivity index (χ0n) is 20.7. The van der Waals surface area contributed by atoms with Crippen molar-refractivity contribution in [3.63, 3.8) is 0 Å². The molecule has 8 heteroatoms. The fraction of sp³-hybridized carbons (Fsp3) is 0.0645. The molecule has 8 nitrogen and oxygen atoms in total. The maximum Gasteiger partial charge on any atom is 0.343 e. The van der Waals surface area contributed by atoms with Crippen molar-refractivity contribution in [1.82, 2.24) is 0 Å². The molecule has 0 unspecified atom stereocenters. The van der Waals surface area contributed by atoms with Crippen molar-refractivity contribution in [3.8, 4) is 29.4 Å². The van der Waals surface area contributed by atoms with Crippen LogP contribution in [0.5, 0.6) is 17.2 Å². The molecule has 0 spiro atoms.